The molecule has 1 fully saturated rings. The summed E-state index contributed by atoms with van der Waals surface area (Å²) >= 11 is 0. The highest BCUT2D eigenvalue weighted by molar-refractivity contribution is 7.89. The lowest BCUT2D eigenvalue weighted by atomic mass is 10.0. The standard InChI is InChI=1S/C22H26FN3O5S/c1-31-19-8-10-20(11-9-19)32(29,30)26-14-3-2-7-18(26)12-13-24-21(27)22(28)25-17-6-4-5-16(23)15-17/h4-6,8-11,15,18H,2-3,7,12-14H2,1H3,(H,24,27)(H,25,28). The van der Waals surface area contributed by atoms with Gasteiger partial charge in [-0.2, -0.15) is 4.31 Å². The summed E-state index contributed by atoms with van der Waals surface area (Å²) in [6.07, 6.45) is 2.68. The Bertz CT molecular complexity index is 1060. The van der Waals surface area contributed by atoms with Crippen molar-refractivity contribution < 1.29 is 27.1 Å². The summed E-state index contributed by atoms with van der Waals surface area (Å²) in [6, 6.07) is 11.2. The van der Waals surface area contributed by atoms with E-state index in [1.54, 1.807) is 12.1 Å². The van der Waals surface area contributed by atoms with Crippen molar-refractivity contribution in [3.63, 3.8) is 0 Å². The molecule has 2 amide bonds. The minimum absolute atomic E-state index is 0.134. The number of nitrogens with one attached hydrogen (secondary N) is 2. The third-order valence-corrected chi connectivity index (χ3v) is 7.26. The van der Waals surface area contributed by atoms with Gasteiger partial charge in [-0.15, -0.1) is 0 Å². The number of carbonyl (C=O) groups excluding carboxylic acids is 2. The number of halogens is 1. The maximum absolute atomic E-state index is 13.2. The van der Waals surface area contributed by atoms with Gasteiger partial charge in [0.05, 0.1) is 12.0 Å². The molecule has 10 heteroatoms. The van der Waals surface area contributed by atoms with Gasteiger partial charge in [0.1, 0.15) is 11.6 Å². The summed E-state index contributed by atoms with van der Waals surface area (Å²) in [4.78, 5) is 24.3. The van der Waals surface area contributed by atoms with Crippen molar-refractivity contribution in [1.82, 2.24) is 9.62 Å². The fourth-order valence-electron chi connectivity index (χ4n) is 3.65. The van der Waals surface area contributed by atoms with Gasteiger partial charge in [0.25, 0.3) is 0 Å². The Labute approximate surface area is 186 Å². The molecule has 0 saturated carbocycles. The van der Waals surface area contributed by atoms with Crippen LogP contribution in [0.5, 0.6) is 5.75 Å². The molecule has 1 saturated heterocycles. The van der Waals surface area contributed by atoms with Crippen molar-refractivity contribution in [2.75, 3.05) is 25.5 Å². The summed E-state index contributed by atoms with van der Waals surface area (Å²) in [5.74, 6) is -1.74. The van der Waals surface area contributed by atoms with Crippen molar-refractivity contribution in [1.29, 1.82) is 0 Å². The molecule has 0 aromatic heterocycles. The normalized spacial score (nSPS) is 16.9. The molecule has 3 rings (SSSR count). The molecule has 1 atom stereocenters. The molecule has 2 aromatic rings. The minimum atomic E-state index is -3.70. The van der Waals surface area contributed by atoms with Gasteiger partial charge in [-0.05, 0) is 61.7 Å². The van der Waals surface area contributed by atoms with Crippen molar-refractivity contribution in [2.45, 2.75) is 36.6 Å². The fraction of sp³-hybridized carbons (Fsp3) is 0.364. The van der Waals surface area contributed by atoms with Crippen molar-refractivity contribution in [3.05, 3.63) is 54.3 Å². The average Bonchev–Trinajstić information content (AvgIpc) is 2.79. The summed E-state index contributed by atoms with van der Waals surface area (Å²) in [7, 11) is -2.19. The van der Waals surface area contributed by atoms with E-state index in [-0.39, 0.29) is 23.2 Å². The van der Waals surface area contributed by atoms with Crippen molar-refractivity contribution in [3.8, 4) is 5.75 Å². The number of ether oxygens (including phenoxy) is 1. The summed E-state index contributed by atoms with van der Waals surface area (Å²) < 4.78 is 46.0. The molecule has 2 N–H and O–H groups in total. The summed E-state index contributed by atoms with van der Waals surface area (Å²) in [6.45, 7) is 0.530. The van der Waals surface area contributed by atoms with Crippen LogP contribution in [0.15, 0.2) is 53.4 Å². The third kappa shape index (κ3) is 5.83. The zero-order valence-corrected chi connectivity index (χ0v) is 18.5. The first-order chi connectivity index (χ1) is 15.3. The quantitative estimate of drug-likeness (QED) is 0.614. The van der Waals surface area contributed by atoms with E-state index in [9.17, 15) is 22.4 Å². The number of piperidine rings is 1. The van der Waals surface area contributed by atoms with E-state index in [1.807, 2.05) is 0 Å². The monoisotopic (exact) mass is 463 g/mol. The van der Waals surface area contributed by atoms with Gasteiger partial charge in [-0.25, -0.2) is 12.8 Å². The predicted octanol–water partition coefficient (Wildman–Crippen LogP) is 2.52. The molecule has 1 aliphatic heterocycles. The molecule has 172 valence electrons. The Balaban J connectivity index is 1.57. The molecule has 0 spiro atoms. The van der Waals surface area contributed by atoms with E-state index < -0.39 is 27.7 Å². The van der Waals surface area contributed by atoms with Gasteiger partial charge in [-0.3, -0.25) is 9.59 Å². The Morgan fingerprint density at radius 1 is 1.12 bits per heavy atom. The molecule has 8 nitrogen and oxygen atoms in total. The van der Waals surface area contributed by atoms with Crippen LogP contribution in [0.2, 0.25) is 0 Å². The number of rotatable bonds is 7. The van der Waals surface area contributed by atoms with Gasteiger partial charge >= 0.3 is 11.8 Å². The lowest BCUT2D eigenvalue weighted by molar-refractivity contribution is -0.136. The van der Waals surface area contributed by atoms with Crippen molar-refractivity contribution in [2.24, 2.45) is 0 Å². The molecule has 1 unspecified atom stereocenters. The van der Waals surface area contributed by atoms with Crippen LogP contribution in [-0.2, 0) is 19.6 Å². The number of methoxy groups -OCH3 is 1. The molecule has 1 heterocycles. The molecular formula is C22H26FN3O5S. The van der Waals surface area contributed by atoms with Crippen LogP contribution in [-0.4, -0.2) is 50.8 Å². The number of benzene rings is 2. The van der Waals surface area contributed by atoms with Crippen LogP contribution in [0.1, 0.15) is 25.7 Å². The Kier molecular flexibility index (Phi) is 7.81. The smallest absolute Gasteiger partial charge is 0.313 e. The maximum Gasteiger partial charge on any atom is 0.313 e. The van der Waals surface area contributed by atoms with Crippen LogP contribution in [0.3, 0.4) is 0 Å². The SMILES string of the molecule is COc1ccc(S(=O)(=O)N2CCCCC2CCNC(=O)C(=O)Nc2cccc(F)c2)cc1. The zero-order chi connectivity index (χ0) is 23.1. The van der Waals surface area contributed by atoms with Crippen LogP contribution >= 0.6 is 0 Å². The lowest BCUT2D eigenvalue weighted by Crippen LogP contribution is -2.45. The van der Waals surface area contributed by atoms with Crippen LogP contribution in [0.4, 0.5) is 10.1 Å². The van der Waals surface area contributed by atoms with Gasteiger partial charge in [0, 0.05) is 24.8 Å². The first-order valence-corrected chi connectivity index (χ1v) is 11.8. The summed E-state index contributed by atoms with van der Waals surface area (Å²) in [5, 5.41) is 4.84. The second-order valence-corrected chi connectivity index (χ2v) is 9.34. The fourth-order valence-corrected chi connectivity index (χ4v) is 5.37. The van der Waals surface area contributed by atoms with Crippen LogP contribution < -0.4 is 15.4 Å². The zero-order valence-electron chi connectivity index (χ0n) is 17.7. The molecule has 0 bridgehead atoms. The predicted molar refractivity (Wildman–Crippen MR) is 117 cm³/mol. The molecule has 0 aliphatic carbocycles. The molecule has 32 heavy (non-hydrogen) atoms. The van der Waals surface area contributed by atoms with Gasteiger partial charge < -0.3 is 15.4 Å². The highest BCUT2D eigenvalue weighted by Gasteiger charge is 2.33. The number of hydrogen-bond acceptors (Lipinski definition) is 5. The summed E-state index contributed by atoms with van der Waals surface area (Å²) in [5.41, 5.74) is 0.175. The topological polar surface area (TPSA) is 105 Å². The van der Waals surface area contributed by atoms with Crippen molar-refractivity contribution >= 4 is 27.5 Å². The average molecular weight is 464 g/mol. The number of anilines is 1. The van der Waals surface area contributed by atoms with E-state index in [4.69, 9.17) is 4.74 Å². The number of nitrogens with zero attached hydrogens (tertiary/aromatic N) is 1. The van der Waals surface area contributed by atoms with E-state index >= 15 is 0 Å². The Morgan fingerprint density at radius 2 is 1.88 bits per heavy atom. The van der Waals surface area contributed by atoms with Gasteiger partial charge in [0.15, 0.2) is 0 Å². The third-order valence-electron chi connectivity index (χ3n) is 5.29. The number of sulfonamides is 1. The van der Waals surface area contributed by atoms with Gasteiger partial charge in [-0.1, -0.05) is 12.5 Å². The van der Waals surface area contributed by atoms with Gasteiger partial charge in [0.2, 0.25) is 10.0 Å². The first-order valence-electron chi connectivity index (χ1n) is 10.3. The Morgan fingerprint density at radius 3 is 2.56 bits per heavy atom. The Hall–Kier alpha value is -2.98. The largest absolute Gasteiger partial charge is 0.497 e. The number of carbonyl (C=O) groups is 2. The molecule has 2 aromatic carbocycles. The highest BCUT2D eigenvalue weighted by Crippen LogP contribution is 2.27. The minimum Gasteiger partial charge on any atom is -0.497 e. The second-order valence-electron chi connectivity index (χ2n) is 7.45. The molecule has 1 aliphatic rings. The number of amides is 2. The van der Waals surface area contributed by atoms with E-state index in [2.05, 4.69) is 10.6 Å². The second kappa shape index (κ2) is 10.6. The van der Waals surface area contributed by atoms with E-state index in [0.29, 0.717) is 25.1 Å². The van der Waals surface area contributed by atoms with E-state index in [1.165, 1.54) is 41.7 Å². The lowest BCUT2D eigenvalue weighted by Gasteiger charge is -2.34. The molecular weight excluding hydrogens is 437 g/mol. The van der Waals surface area contributed by atoms with E-state index in [0.717, 1.165) is 18.9 Å². The van der Waals surface area contributed by atoms with Crippen LogP contribution in [0, 0.1) is 5.82 Å². The highest BCUT2D eigenvalue weighted by atomic mass is 32.2. The number of hydrogen-bond donors (Lipinski definition) is 2. The first kappa shape index (κ1) is 23.7. The molecule has 0 radical (unpaired) electrons. The van der Waals surface area contributed by atoms with Crippen LogP contribution in [0.25, 0.3) is 0 Å². The maximum atomic E-state index is 13.2.